The molecule has 1 atom stereocenters. The first-order valence-corrected chi connectivity index (χ1v) is 7.67. The largest absolute Gasteiger partial charge is 0.302 e. The Morgan fingerprint density at radius 2 is 1.94 bits per heavy atom. The predicted molar refractivity (Wildman–Crippen MR) is 73.0 cm³/mol. The van der Waals surface area contributed by atoms with Gasteiger partial charge in [-0.2, -0.15) is 8.42 Å². The second kappa shape index (κ2) is 4.93. The van der Waals surface area contributed by atoms with E-state index in [0.717, 1.165) is 10.0 Å². The van der Waals surface area contributed by atoms with Crippen LogP contribution in [0.2, 0.25) is 0 Å². The van der Waals surface area contributed by atoms with Crippen LogP contribution in [0, 0.1) is 0 Å². The van der Waals surface area contributed by atoms with E-state index in [1.807, 2.05) is 24.3 Å². The second-order valence-corrected chi connectivity index (χ2v) is 6.46. The molecule has 1 aliphatic rings. The number of nitrogens with zero attached hydrogens (tertiary/aromatic N) is 1. The van der Waals surface area contributed by atoms with Gasteiger partial charge in [0.05, 0.1) is 5.75 Å². The zero-order chi connectivity index (χ0) is 13.2. The van der Waals surface area contributed by atoms with Crippen molar-refractivity contribution < 1.29 is 12.3 Å². The summed E-state index contributed by atoms with van der Waals surface area (Å²) in [5.74, 6) is -0.537. The van der Waals surface area contributed by atoms with E-state index in [1.54, 1.807) is 18.4 Å². The van der Waals surface area contributed by atoms with Crippen molar-refractivity contribution in [2.75, 3.05) is 5.75 Å². The van der Waals surface area contributed by atoms with Gasteiger partial charge in [-0.05, 0) is 30.2 Å². The molecular formula is C12H11BrFNO2S. The van der Waals surface area contributed by atoms with E-state index < -0.39 is 21.5 Å². The van der Waals surface area contributed by atoms with Crippen molar-refractivity contribution in [3.63, 3.8) is 0 Å². The fourth-order valence-electron chi connectivity index (χ4n) is 1.90. The van der Waals surface area contributed by atoms with Gasteiger partial charge < -0.3 is 0 Å². The van der Waals surface area contributed by atoms with Gasteiger partial charge in [0.1, 0.15) is 5.54 Å². The average molecular weight is 332 g/mol. The van der Waals surface area contributed by atoms with E-state index in [0.29, 0.717) is 0 Å². The molecule has 6 heteroatoms. The van der Waals surface area contributed by atoms with Crippen molar-refractivity contribution in [3.05, 3.63) is 46.5 Å². The van der Waals surface area contributed by atoms with Crippen LogP contribution in [-0.4, -0.2) is 20.4 Å². The summed E-state index contributed by atoms with van der Waals surface area (Å²) in [5.41, 5.74) is 0.0826. The Morgan fingerprint density at radius 3 is 2.44 bits per heavy atom. The molecule has 1 heterocycles. The zero-order valence-electron chi connectivity index (χ0n) is 9.38. The molecule has 0 fully saturated rings. The number of hydrogen-bond donors (Lipinski definition) is 0. The van der Waals surface area contributed by atoms with Crippen LogP contribution in [0.4, 0.5) is 3.89 Å². The Bertz CT molecular complexity index is 581. The van der Waals surface area contributed by atoms with Crippen molar-refractivity contribution in [2.24, 2.45) is 4.99 Å². The topological polar surface area (TPSA) is 46.5 Å². The highest BCUT2D eigenvalue weighted by Gasteiger charge is 2.31. The smallest absolute Gasteiger partial charge is 0.278 e. The molecule has 0 spiro atoms. The van der Waals surface area contributed by atoms with Crippen molar-refractivity contribution >= 4 is 32.4 Å². The fourth-order valence-corrected chi connectivity index (χ4v) is 2.72. The second-order valence-electron chi connectivity index (χ2n) is 4.06. The van der Waals surface area contributed by atoms with Gasteiger partial charge in [-0.25, -0.2) is 0 Å². The van der Waals surface area contributed by atoms with E-state index in [2.05, 4.69) is 20.9 Å². The number of halogens is 2. The standard InChI is InChI=1S/C12H11BrFNO2S/c13-11-4-2-10(3-5-11)12(6-1-8-15-12)7-9-18(14,16)17/h1-6,8H,7,9H2. The minimum Gasteiger partial charge on any atom is -0.278 e. The Hall–Kier alpha value is -1.01. The van der Waals surface area contributed by atoms with Crippen LogP contribution >= 0.6 is 15.9 Å². The monoisotopic (exact) mass is 331 g/mol. The fraction of sp³-hybridized carbons (Fsp3) is 0.250. The lowest BCUT2D eigenvalue weighted by Crippen LogP contribution is -2.22. The molecule has 0 saturated carbocycles. The molecule has 0 radical (unpaired) electrons. The highest BCUT2D eigenvalue weighted by Crippen LogP contribution is 2.34. The maximum atomic E-state index is 12.7. The van der Waals surface area contributed by atoms with Gasteiger partial charge in [0.2, 0.25) is 0 Å². The Balaban J connectivity index is 2.31. The molecule has 3 nitrogen and oxygen atoms in total. The molecule has 1 aromatic rings. The van der Waals surface area contributed by atoms with Crippen LogP contribution in [0.1, 0.15) is 12.0 Å². The van der Waals surface area contributed by atoms with Crippen LogP contribution < -0.4 is 0 Å². The number of aliphatic imine (C=N–C) groups is 1. The van der Waals surface area contributed by atoms with E-state index in [4.69, 9.17) is 0 Å². The zero-order valence-corrected chi connectivity index (χ0v) is 11.8. The van der Waals surface area contributed by atoms with Gasteiger partial charge in [0, 0.05) is 10.7 Å². The minimum absolute atomic E-state index is 0.0977. The van der Waals surface area contributed by atoms with Crippen LogP contribution in [-0.2, 0) is 15.8 Å². The first-order valence-electron chi connectivity index (χ1n) is 5.33. The molecule has 1 unspecified atom stereocenters. The molecule has 96 valence electrons. The summed E-state index contributed by atoms with van der Waals surface area (Å²) < 4.78 is 34.9. The number of rotatable bonds is 4. The van der Waals surface area contributed by atoms with E-state index in [1.165, 1.54) is 0 Å². The Kier molecular flexibility index (Phi) is 3.68. The van der Waals surface area contributed by atoms with Gasteiger partial charge in [0.25, 0.3) is 0 Å². The summed E-state index contributed by atoms with van der Waals surface area (Å²) in [4.78, 5) is 4.29. The van der Waals surface area contributed by atoms with Crippen molar-refractivity contribution in [1.29, 1.82) is 0 Å². The Labute approximate surface area is 114 Å². The predicted octanol–water partition coefficient (Wildman–Crippen LogP) is 2.97. The summed E-state index contributed by atoms with van der Waals surface area (Å²) >= 11 is 3.33. The highest BCUT2D eigenvalue weighted by molar-refractivity contribution is 9.10. The number of hydrogen-bond acceptors (Lipinski definition) is 3. The molecule has 2 rings (SSSR count). The number of benzene rings is 1. The summed E-state index contributed by atoms with van der Waals surface area (Å²) in [6, 6.07) is 7.40. The van der Waals surface area contributed by atoms with E-state index >= 15 is 0 Å². The lowest BCUT2D eigenvalue weighted by Gasteiger charge is -2.24. The normalized spacial score (nSPS) is 22.6. The SMILES string of the molecule is O=S(=O)(F)CCC1(c2ccc(Br)cc2)C=CC=N1. The maximum absolute atomic E-state index is 12.7. The third kappa shape index (κ3) is 3.05. The maximum Gasteiger partial charge on any atom is 0.302 e. The third-order valence-corrected chi connectivity index (χ3v) is 4.05. The van der Waals surface area contributed by atoms with Gasteiger partial charge in [0.15, 0.2) is 0 Å². The quantitative estimate of drug-likeness (QED) is 0.796. The van der Waals surface area contributed by atoms with Gasteiger partial charge in [-0.1, -0.05) is 34.1 Å². The van der Waals surface area contributed by atoms with Crippen molar-refractivity contribution in [1.82, 2.24) is 0 Å². The van der Waals surface area contributed by atoms with Gasteiger partial charge >= 0.3 is 10.2 Å². The molecule has 0 aromatic heterocycles. The minimum atomic E-state index is -4.48. The van der Waals surface area contributed by atoms with Gasteiger partial charge in [-0.3, -0.25) is 4.99 Å². The lowest BCUT2D eigenvalue weighted by molar-refractivity contribution is 0.517. The molecular weight excluding hydrogens is 321 g/mol. The van der Waals surface area contributed by atoms with Gasteiger partial charge in [-0.15, -0.1) is 3.89 Å². The highest BCUT2D eigenvalue weighted by atomic mass is 79.9. The van der Waals surface area contributed by atoms with Crippen LogP contribution in [0.25, 0.3) is 0 Å². The first kappa shape index (κ1) is 13.4. The summed E-state index contributed by atoms with van der Waals surface area (Å²) in [6.07, 6.45) is 5.24. The van der Waals surface area contributed by atoms with Crippen LogP contribution in [0.5, 0.6) is 0 Å². The first-order chi connectivity index (χ1) is 8.41. The van der Waals surface area contributed by atoms with Crippen LogP contribution in [0.3, 0.4) is 0 Å². The molecule has 0 aliphatic carbocycles. The average Bonchev–Trinajstić information content (AvgIpc) is 2.76. The summed E-state index contributed by atoms with van der Waals surface area (Å²) in [7, 11) is -4.48. The molecule has 0 bridgehead atoms. The molecule has 1 aromatic carbocycles. The summed E-state index contributed by atoms with van der Waals surface area (Å²) in [6.45, 7) is 0. The van der Waals surface area contributed by atoms with E-state index in [-0.39, 0.29) is 6.42 Å². The van der Waals surface area contributed by atoms with E-state index in [9.17, 15) is 12.3 Å². The molecule has 18 heavy (non-hydrogen) atoms. The third-order valence-electron chi connectivity index (χ3n) is 2.83. The molecule has 0 amide bonds. The van der Waals surface area contributed by atoms with Crippen molar-refractivity contribution in [3.8, 4) is 0 Å². The molecule has 1 aliphatic heterocycles. The van der Waals surface area contributed by atoms with Crippen molar-refractivity contribution in [2.45, 2.75) is 12.0 Å². The summed E-state index contributed by atoms with van der Waals surface area (Å²) in [5, 5.41) is 0. The van der Waals surface area contributed by atoms with Crippen LogP contribution in [0.15, 0.2) is 45.9 Å². The molecule has 0 N–H and O–H groups in total. The lowest BCUT2D eigenvalue weighted by atomic mass is 9.88. The molecule has 0 saturated heterocycles. The Morgan fingerprint density at radius 1 is 1.28 bits per heavy atom. The number of allylic oxidation sites excluding steroid dienone is 1.